The van der Waals surface area contributed by atoms with Gasteiger partial charge in [-0.3, -0.25) is 4.79 Å². The van der Waals surface area contributed by atoms with E-state index in [-0.39, 0.29) is 18.0 Å². The molecule has 2 atom stereocenters. The summed E-state index contributed by atoms with van der Waals surface area (Å²) in [7, 11) is 1.63. The molecule has 0 fully saturated rings. The van der Waals surface area contributed by atoms with Crippen molar-refractivity contribution < 1.29 is 14.3 Å². The van der Waals surface area contributed by atoms with E-state index in [0.717, 1.165) is 22.4 Å². The van der Waals surface area contributed by atoms with Crippen LogP contribution in [0.15, 0.2) is 42.5 Å². The molecular weight excluding hydrogens is 352 g/mol. The second-order valence-corrected chi connectivity index (χ2v) is 6.58. The van der Waals surface area contributed by atoms with Crippen LogP contribution in [0, 0.1) is 23.7 Å². The molecule has 0 aliphatic carbocycles. The van der Waals surface area contributed by atoms with Gasteiger partial charge in [-0.1, -0.05) is 18.2 Å². The Morgan fingerprint density at radius 2 is 2.04 bits per heavy atom. The van der Waals surface area contributed by atoms with Crippen LogP contribution in [0.25, 0.3) is 0 Å². The minimum atomic E-state index is -0.375. The van der Waals surface area contributed by atoms with Gasteiger partial charge in [0.2, 0.25) is 0 Å². The van der Waals surface area contributed by atoms with Gasteiger partial charge in [0.05, 0.1) is 37.4 Å². The van der Waals surface area contributed by atoms with Crippen molar-refractivity contribution in [3.63, 3.8) is 0 Å². The number of benzene rings is 2. The molecular formula is C23H22N2O3. The molecule has 142 valence electrons. The second-order valence-electron chi connectivity index (χ2n) is 6.58. The maximum atomic E-state index is 12.7. The van der Waals surface area contributed by atoms with Gasteiger partial charge < -0.3 is 14.4 Å². The highest BCUT2D eigenvalue weighted by molar-refractivity contribution is 5.94. The number of amides is 1. The number of methoxy groups -OCH3 is 1. The third kappa shape index (κ3) is 3.71. The van der Waals surface area contributed by atoms with Crippen LogP contribution in [0.4, 0.5) is 0 Å². The fraction of sp³-hybridized carbons (Fsp3) is 0.304. The van der Waals surface area contributed by atoms with E-state index >= 15 is 0 Å². The third-order valence-electron chi connectivity index (χ3n) is 5.00. The maximum absolute atomic E-state index is 12.7. The third-order valence-corrected chi connectivity index (χ3v) is 5.00. The Kier molecular flexibility index (Phi) is 5.99. The van der Waals surface area contributed by atoms with Gasteiger partial charge in [-0.2, -0.15) is 5.26 Å². The summed E-state index contributed by atoms with van der Waals surface area (Å²) in [6.45, 7) is 2.87. The fourth-order valence-electron chi connectivity index (χ4n) is 3.70. The first-order valence-electron chi connectivity index (χ1n) is 9.16. The highest BCUT2D eigenvalue weighted by Gasteiger charge is 2.38. The van der Waals surface area contributed by atoms with Crippen LogP contribution < -0.4 is 4.74 Å². The van der Waals surface area contributed by atoms with E-state index in [1.807, 2.05) is 37.3 Å². The van der Waals surface area contributed by atoms with Crippen LogP contribution >= 0.6 is 0 Å². The van der Waals surface area contributed by atoms with Crippen molar-refractivity contribution in [1.82, 2.24) is 4.90 Å². The molecule has 0 bridgehead atoms. The quantitative estimate of drug-likeness (QED) is 0.755. The van der Waals surface area contributed by atoms with Gasteiger partial charge in [-0.05, 0) is 60.2 Å². The number of fused-ring (bicyclic) bond motifs is 1. The summed E-state index contributed by atoms with van der Waals surface area (Å²) in [5.74, 6) is 2.66. The summed E-state index contributed by atoms with van der Waals surface area (Å²) < 4.78 is 11.0. The van der Waals surface area contributed by atoms with Gasteiger partial charge in [-0.15, -0.1) is 6.42 Å². The summed E-state index contributed by atoms with van der Waals surface area (Å²) in [4.78, 5) is 14.5. The van der Waals surface area contributed by atoms with E-state index in [1.54, 1.807) is 24.1 Å². The van der Waals surface area contributed by atoms with Crippen molar-refractivity contribution in [3.05, 3.63) is 64.7 Å². The molecule has 1 heterocycles. The average Bonchev–Trinajstić information content (AvgIpc) is 2.75. The SMILES string of the molecule is C#CC(=O)N1[C@@H](COCC)Cc2cc(OC)ccc2[C@@H]1c1ccc(C#N)cc1. The van der Waals surface area contributed by atoms with Gasteiger partial charge in [0.1, 0.15) is 5.75 Å². The molecule has 5 heteroatoms. The van der Waals surface area contributed by atoms with E-state index in [1.165, 1.54) is 0 Å². The van der Waals surface area contributed by atoms with Crippen LogP contribution in [0.3, 0.4) is 0 Å². The van der Waals surface area contributed by atoms with Gasteiger partial charge in [0.25, 0.3) is 5.91 Å². The molecule has 28 heavy (non-hydrogen) atoms. The zero-order valence-corrected chi connectivity index (χ0v) is 16.0. The van der Waals surface area contributed by atoms with E-state index < -0.39 is 0 Å². The molecule has 5 nitrogen and oxygen atoms in total. The number of nitrogens with zero attached hydrogens (tertiary/aromatic N) is 2. The average molecular weight is 374 g/mol. The Bertz CT molecular complexity index is 938. The molecule has 0 spiro atoms. The van der Waals surface area contributed by atoms with Gasteiger partial charge in [0.15, 0.2) is 0 Å². The molecule has 1 aliphatic rings. The molecule has 0 radical (unpaired) electrons. The summed E-state index contributed by atoms with van der Waals surface area (Å²) >= 11 is 0. The van der Waals surface area contributed by atoms with Crippen LogP contribution in [0.2, 0.25) is 0 Å². The van der Waals surface area contributed by atoms with Crippen LogP contribution in [-0.4, -0.2) is 37.2 Å². The fourth-order valence-corrected chi connectivity index (χ4v) is 3.70. The molecule has 0 unspecified atom stereocenters. The topological polar surface area (TPSA) is 62.6 Å². The number of ether oxygens (including phenoxy) is 2. The van der Waals surface area contributed by atoms with Gasteiger partial charge >= 0.3 is 0 Å². The number of nitriles is 1. The summed E-state index contributed by atoms with van der Waals surface area (Å²) in [6.07, 6.45) is 6.13. The highest BCUT2D eigenvalue weighted by Crippen LogP contribution is 2.39. The number of hydrogen-bond donors (Lipinski definition) is 0. The number of carbonyl (C=O) groups excluding carboxylic acids is 1. The standard InChI is InChI=1S/C23H22N2O3/c1-4-22(26)25-19(15-28-5-2)12-18-13-20(27-3)10-11-21(18)23(25)17-8-6-16(14-24)7-9-17/h1,6-11,13,19,23H,5,12,15H2,2-3H3/t19-,23+/m1/s1. The number of rotatable bonds is 5. The van der Waals surface area contributed by atoms with E-state index in [9.17, 15) is 4.79 Å². The number of hydrogen-bond acceptors (Lipinski definition) is 4. The number of carbonyl (C=O) groups is 1. The molecule has 0 saturated heterocycles. The lowest BCUT2D eigenvalue weighted by molar-refractivity contribution is -0.131. The first-order chi connectivity index (χ1) is 13.6. The van der Waals surface area contributed by atoms with Crippen LogP contribution in [-0.2, 0) is 16.0 Å². The van der Waals surface area contributed by atoms with Crippen molar-refractivity contribution in [2.75, 3.05) is 20.3 Å². The zero-order valence-electron chi connectivity index (χ0n) is 16.0. The Morgan fingerprint density at radius 1 is 1.29 bits per heavy atom. The lowest BCUT2D eigenvalue weighted by Gasteiger charge is -2.42. The van der Waals surface area contributed by atoms with E-state index in [4.69, 9.17) is 21.2 Å². The Balaban J connectivity index is 2.15. The van der Waals surface area contributed by atoms with E-state index in [2.05, 4.69) is 12.0 Å². The van der Waals surface area contributed by atoms with Crippen molar-refractivity contribution in [3.8, 4) is 24.2 Å². The Morgan fingerprint density at radius 3 is 2.64 bits per heavy atom. The molecule has 2 aromatic carbocycles. The summed E-state index contributed by atoms with van der Waals surface area (Å²) in [6, 6.07) is 14.7. The van der Waals surface area contributed by atoms with Crippen LogP contribution in [0.1, 0.15) is 35.2 Å². The van der Waals surface area contributed by atoms with E-state index in [0.29, 0.717) is 25.2 Å². The summed E-state index contributed by atoms with van der Waals surface area (Å²) in [5, 5.41) is 9.10. The minimum absolute atomic E-state index is 0.191. The predicted octanol–water partition coefficient (Wildman–Crippen LogP) is 3.08. The molecule has 1 aliphatic heterocycles. The Labute approximate surface area is 165 Å². The van der Waals surface area contributed by atoms with Crippen LogP contribution in [0.5, 0.6) is 5.75 Å². The molecule has 3 rings (SSSR count). The first-order valence-corrected chi connectivity index (χ1v) is 9.16. The Hall–Kier alpha value is -3.28. The molecule has 0 aromatic heterocycles. The normalized spacial score (nSPS) is 17.9. The number of terminal acetylenes is 1. The predicted molar refractivity (Wildman–Crippen MR) is 106 cm³/mol. The zero-order chi connectivity index (χ0) is 20.1. The molecule has 0 N–H and O–H groups in total. The smallest absolute Gasteiger partial charge is 0.299 e. The van der Waals surface area contributed by atoms with Crippen molar-refractivity contribution in [2.45, 2.75) is 25.4 Å². The van der Waals surface area contributed by atoms with Gasteiger partial charge in [-0.25, -0.2) is 0 Å². The van der Waals surface area contributed by atoms with Crippen molar-refractivity contribution in [2.24, 2.45) is 0 Å². The second kappa shape index (κ2) is 8.61. The molecule has 2 aromatic rings. The molecule has 0 saturated carbocycles. The first kappa shape index (κ1) is 19.5. The minimum Gasteiger partial charge on any atom is -0.497 e. The monoisotopic (exact) mass is 374 g/mol. The van der Waals surface area contributed by atoms with Gasteiger partial charge in [0, 0.05) is 6.61 Å². The lowest BCUT2D eigenvalue weighted by Crippen LogP contribution is -2.49. The maximum Gasteiger partial charge on any atom is 0.299 e. The summed E-state index contributed by atoms with van der Waals surface area (Å²) in [5.41, 5.74) is 3.56. The highest BCUT2D eigenvalue weighted by atomic mass is 16.5. The largest absolute Gasteiger partial charge is 0.497 e. The lowest BCUT2D eigenvalue weighted by atomic mass is 9.84. The van der Waals surface area contributed by atoms with Crippen molar-refractivity contribution >= 4 is 5.91 Å². The molecule has 1 amide bonds. The van der Waals surface area contributed by atoms with Crippen molar-refractivity contribution in [1.29, 1.82) is 5.26 Å².